The van der Waals surface area contributed by atoms with Gasteiger partial charge in [-0.15, -0.1) is 0 Å². The number of ether oxygens (including phenoxy) is 3. The fourth-order valence-corrected chi connectivity index (χ4v) is 2.40. The Labute approximate surface area is 115 Å². The standard InChI is InChI=1S/C15H23NO3/c1-4-17-11(2)15(16-3)12-6-7-13-14(10-12)19-9-5-8-18-13/h6-7,10-11,15-16H,4-5,8-9H2,1-3H3. The molecule has 2 unspecified atom stereocenters. The van der Waals surface area contributed by atoms with Crippen molar-refractivity contribution < 1.29 is 14.2 Å². The molecule has 0 radical (unpaired) electrons. The van der Waals surface area contributed by atoms with Crippen molar-refractivity contribution in [1.82, 2.24) is 5.32 Å². The third-order valence-corrected chi connectivity index (χ3v) is 3.34. The fourth-order valence-electron chi connectivity index (χ4n) is 2.40. The van der Waals surface area contributed by atoms with Gasteiger partial charge in [-0.1, -0.05) is 6.07 Å². The van der Waals surface area contributed by atoms with Crippen molar-refractivity contribution in [3.05, 3.63) is 23.8 Å². The zero-order valence-electron chi connectivity index (χ0n) is 11.9. The Morgan fingerprint density at radius 1 is 1.26 bits per heavy atom. The zero-order chi connectivity index (χ0) is 13.7. The minimum Gasteiger partial charge on any atom is -0.490 e. The Morgan fingerprint density at radius 3 is 2.68 bits per heavy atom. The van der Waals surface area contributed by atoms with Crippen molar-refractivity contribution in [3.8, 4) is 11.5 Å². The Hall–Kier alpha value is -1.26. The van der Waals surface area contributed by atoms with Crippen molar-refractivity contribution in [3.63, 3.8) is 0 Å². The van der Waals surface area contributed by atoms with E-state index in [0.717, 1.165) is 30.1 Å². The van der Waals surface area contributed by atoms with Crippen LogP contribution in [-0.2, 0) is 4.74 Å². The van der Waals surface area contributed by atoms with E-state index in [2.05, 4.69) is 24.4 Å². The minimum absolute atomic E-state index is 0.111. The van der Waals surface area contributed by atoms with E-state index >= 15 is 0 Å². The van der Waals surface area contributed by atoms with E-state index in [-0.39, 0.29) is 12.1 Å². The van der Waals surface area contributed by atoms with Crippen LogP contribution < -0.4 is 14.8 Å². The van der Waals surface area contributed by atoms with E-state index in [4.69, 9.17) is 14.2 Å². The van der Waals surface area contributed by atoms with Gasteiger partial charge in [0, 0.05) is 13.0 Å². The van der Waals surface area contributed by atoms with Gasteiger partial charge in [-0.2, -0.15) is 0 Å². The van der Waals surface area contributed by atoms with E-state index in [9.17, 15) is 0 Å². The highest BCUT2D eigenvalue weighted by Gasteiger charge is 2.20. The first-order chi connectivity index (χ1) is 9.26. The lowest BCUT2D eigenvalue weighted by Crippen LogP contribution is -2.29. The van der Waals surface area contributed by atoms with Crippen molar-refractivity contribution >= 4 is 0 Å². The molecule has 4 nitrogen and oxygen atoms in total. The number of rotatable bonds is 5. The van der Waals surface area contributed by atoms with Crippen LogP contribution in [0.1, 0.15) is 31.9 Å². The highest BCUT2D eigenvalue weighted by atomic mass is 16.5. The Kier molecular flexibility index (Phi) is 5.05. The lowest BCUT2D eigenvalue weighted by Gasteiger charge is -2.24. The van der Waals surface area contributed by atoms with Gasteiger partial charge < -0.3 is 19.5 Å². The number of benzene rings is 1. The molecule has 0 amide bonds. The first-order valence-electron chi connectivity index (χ1n) is 6.94. The number of hydrogen-bond acceptors (Lipinski definition) is 4. The molecule has 0 saturated carbocycles. The molecule has 2 rings (SSSR count). The summed E-state index contributed by atoms with van der Waals surface area (Å²) in [5, 5.41) is 3.30. The Morgan fingerprint density at radius 2 is 2.00 bits per heavy atom. The highest BCUT2D eigenvalue weighted by Crippen LogP contribution is 2.33. The summed E-state index contributed by atoms with van der Waals surface area (Å²) in [7, 11) is 1.95. The molecule has 0 saturated heterocycles. The highest BCUT2D eigenvalue weighted by molar-refractivity contribution is 5.44. The first-order valence-corrected chi connectivity index (χ1v) is 6.94. The molecule has 19 heavy (non-hydrogen) atoms. The molecule has 1 aliphatic rings. The van der Waals surface area contributed by atoms with E-state index < -0.39 is 0 Å². The molecule has 2 atom stereocenters. The van der Waals surface area contributed by atoms with Gasteiger partial charge in [0.25, 0.3) is 0 Å². The maximum Gasteiger partial charge on any atom is 0.161 e. The molecule has 1 aliphatic heterocycles. The van der Waals surface area contributed by atoms with Gasteiger partial charge in [-0.05, 0) is 38.6 Å². The van der Waals surface area contributed by atoms with Crippen molar-refractivity contribution in [2.24, 2.45) is 0 Å². The lowest BCUT2D eigenvalue weighted by molar-refractivity contribution is 0.0492. The fraction of sp³-hybridized carbons (Fsp3) is 0.600. The summed E-state index contributed by atoms with van der Waals surface area (Å²) >= 11 is 0. The van der Waals surface area contributed by atoms with Crippen molar-refractivity contribution in [1.29, 1.82) is 0 Å². The van der Waals surface area contributed by atoms with Gasteiger partial charge in [0.05, 0.1) is 25.4 Å². The van der Waals surface area contributed by atoms with Crippen LogP contribution in [0.3, 0.4) is 0 Å². The molecular formula is C15H23NO3. The molecule has 1 N–H and O–H groups in total. The molecule has 1 heterocycles. The topological polar surface area (TPSA) is 39.7 Å². The normalized spacial score (nSPS) is 17.6. The summed E-state index contributed by atoms with van der Waals surface area (Å²) in [6.07, 6.45) is 1.04. The molecule has 0 aromatic heterocycles. The van der Waals surface area contributed by atoms with Crippen LogP contribution >= 0.6 is 0 Å². The second kappa shape index (κ2) is 6.78. The van der Waals surface area contributed by atoms with Crippen LogP contribution in [0.2, 0.25) is 0 Å². The van der Waals surface area contributed by atoms with Gasteiger partial charge in [0.1, 0.15) is 0 Å². The average Bonchev–Trinajstić information content (AvgIpc) is 2.64. The third kappa shape index (κ3) is 3.39. The molecule has 0 fully saturated rings. The monoisotopic (exact) mass is 265 g/mol. The van der Waals surface area contributed by atoms with Crippen molar-refractivity contribution in [2.75, 3.05) is 26.9 Å². The summed E-state index contributed by atoms with van der Waals surface area (Å²) in [6, 6.07) is 6.26. The second-order valence-corrected chi connectivity index (χ2v) is 4.68. The SMILES string of the molecule is CCOC(C)C(NC)c1ccc2c(c1)OCCCO2. The molecule has 0 aliphatic carbocycles. The number of fused-ring (bicyclic) bond motifs is 1. The van der Waals surface area contributed by atoms with Gasteiger partial charge in [0.15, 0.2) is 11.5 Å². The van der Waals surface area contributed by atoms with Crippen LogP contribution in [0.5, 0.6) is 11.5 Å². The van der Waals surface area contributed by atoms with Crippen LogP contribution in [0.4, 0.5) is 0 Å². The molecule has 1 aromatic rings. The number of hydrogen-bond donors (Lipinski definition) is 1. The second-order valence-electron chi connectivity index (χ2n) is 4.68. The summed E-state index contributed by atoms with van der Waals surface area (Å²) in [6.45, 7) is 6.23. The Bertz CT molecular complexity index is 408. The lowest BCUT2D eigenvalue weighted by atomic mass is 10.0. The zero-order valence-corrected chi connectivity index (χ0v) is 11.9. The van der Waals surface area contributed by atoms with Gasteiger partial charge in [0.2, 0.25) is 0 Å². The van der Waals surface area contributed by atoms with Gasteiger partial charge in [-0.3, -0.25) is 0 Å². The van der Waals surface area contributed by atoms with Crippen molar-refractivity contribution in [2.45, 2.75) is 32.4 Å². The van der Waals surface area contributed by atoms with Gasteiger partial charge in [-0.25, -0.2) is 0 Å². The molecule has 0 bridgehead atoms. The summed E-state index contributed by atoms with van der Waals surface area (Å²) in [5.41, 5.74) is 1.16. The summed E-state index contributed by atoms with van der Waals surface area (Å²) in [4.78, 5) is 0. The molecule has 1 aromatic carbocycles. The maximum absolute atomic E-state index is 5.73. The maximum atomic E-state index is 5.73. The summed E-state index contributed by atoms with van der Waals surface area (Å²) < 4.78 is 17.1. The Balaban J connectivity index is 2.21. The molecule has 0 spiro atoms. The number of nitrogens with one attached hydrogen (secondary N) is 1. The number of likely N-dealkylation sites (N-methyl/N-ethyl adjacent to an activating group) is 1. The van der Waals surface area contributed by atoms with Crippen LogP contribution in [0.15, 0.2) is 18.2 Å². The van der Waals surface area contributed by atoms with Gasteiger partial charge >= 0.3 is 0 Å². The van der Waals surface area contributed by atoms with E-state index in [1.165, 1.54) is 0 Å². The van der Waals surface area contributed by atoms with Crippen LogP contribution in [0.25, 0.3) is 0 Å². The molecule has 4 heteroatoms. The smallest absolute Gasteiger partial charge is 0.161 e. The largest absolute Gasteiger partial charge is 0.490 e. The van der Waals surface area contributed by atoms with Crippen LogP contribution in [-0.4, -0.2) is 33.0 Å². The summed E-state index contributed by atoms with van der Waals surface area (Å²) in [5.74, 6) is 1.67. The predicted molar refractivity (Wildman–Crippen MR) is 74.9 cm³/mol. The van der Waals surface area contributed by atoms with Crippen LogP contribution in [0, 0.1) is 0 Å². The molecule has 106 valence electrons. The first kappa shape index (κ1) is 14.2. The quantitative estimate of drug-likeness (QED) is 0.888. The third-order valence-electron chi connectivity index (χ3n) is 3.34. The van der Waals surface area contributed by atoms with E-state index in [1.807, 2.05) is 20.0 Å². The van der Waals surface area contributed by atoms with E-state index in [0.29, 0.717) is 13.2 Å². The predicted octanol–water partition coefficient (Wildman–Crippen LogP) is 2.53. The minimum atomic E-state index is 0.111. The average molecular weight is 265 g/mol. The molecular weight excluding hydrogens is 242 g/mol. The van der Waals surface area contributed by atoms with E-state index in [1.54, 1.807) is 0 Å².